The molecule has 0 bridgehead atoms. The van der Waals surface area contributed by atoms with Crippen molar-refractivity contribution in [1.82, 2.24) is 4.98 Å². The Bertz CT molecular complexity index is 1000. The lowest BCUT2D eigenvalue weighted by atomic mass is 10.2. The SMILES string of the molecule is COc1cc(C#N)ccc1OCCCC(=O)Nc1nc(-c2ccc(C)o2)cs1. The molecule has 28 heavy (non-hydrogen) atoms. The molecule has 1 N–H and O–H groups in total. The molecular weight excluding hydrogens is 378 g/mol. The summed E-state index contributed by atoms with van der Waals surface area (Å²) in [6.45, 7) is 2.22. The van der Waals surface area contributed by atoms with Crippen LogP contribution in [0.3, 0.4) is 0 Å². The Morgan fingerprint density at radius 3 is 2.89 bits per heavy atom. The number of carbonyl (C=O) groups excluding carboxylic acids is 1. The van der Waals surface area contributed by atoms with Gasteiger partial charge in [0.1, 0.15) is 11.5 Å². The van der Waals surface area contributed by atoms with Crippen LogP contribution in [0.2, 0.25) is 0 Å². The van der Waals surface area contributed by atoms with E-state index in [2.05, 4.69) is 10.3 Å². The highest BCUT2D eigenvalue weighted by Crippen LogP contribution is 2.28. The number of rotatable bonds is 8. The molecule has 3 aromatic rings. The fraction of sp³-hybridized carbons (Fsp3) is 0.250. The first kappa shape index (κ1) is 19.5. The first-order chi connectivity index (χ1) is 13.6. The minimum Gasteiger partial charge on any atom is -0.493 e. The van der Waals surface area contributed by atoms with Crippen LogP contribution in [0.5, 0.6) is 11.5 Å². The average molecular weight is 397 g/mol. The molecular formula is C20H19N3O4S. The van der Waals surface area contributed by atoms with E-state index in [9.17, 15) is 4.79 Å². The number of furan rings is 1. The summed E-state index contributed by atoms with van der Waals surface area (Å²) in [6, 6.07) is 10.7. The van der Waals surface area contributed by atoms with Crippen LogP contribution in [0.15, 0.2) is 40.1 Å². The summed E-state index contributed by atoms with van der Waals surface area (Å²) in [6.07, 6.45) is 0.831. The Morgan fingerprint density at radius 1 is 1.32 bits per heavy atom. The van der Waals surface area contributed by atoms with Gasteiger partial charge in [-0.25, -0.2) is 4.98 Å². The molecule has 0 atom stereocenters. The molecule has 0 aliphatic heterocycles. The zero-order chi connectivity index (χ0) is 19.9. The number of methoxy groups -OCH3 is 1. The fourth-order valence-electron chi connectivity index (χ4n) is 2.47. The van der Waals surface area contributed by atoms with E-state index < -0.39 is 0 Å². The second-order valence-corrected chi connectivity index (χ2v) is 6.78. The summed E-state index contributed by atoms with van der Waals surface area (Å²) in [5.74, 6) is 2.39. The van der Waals surface area contributed by atoms with E-state index in [1.165, 1.54) is 18.4 Å². The lowest BCUT2D eigenvalue weighted by Crippen LogP contribution is -2.12. The first-order valence-electron chi connectivity index (χ1n) is 8.62. The predicted molar refractivity (Wildman–Crippen MR) is 106 cm³/mol. The van der Waals surface area contributed by atoms with Crippen LogP contribution in [0.4, 0.5) is 5.13 Å². The lowest BCUT2D eigenvalue weighted by molar-refractivity contribution is -0.116. The lowest BCUT2D eigenvalue weighted by Gasteiger charge is -2.10. The van der Waals surface area contributed by atoms with Gasteiger partial charge in [-0.15, -0.1) is 11.3 Å². The van der Waals surface area contributed by atoms with Gasteiger partial charge in [0, 0.05) is 17.9 Å². The normalized spacial score (nSPS) is 10.3. The van der Waals surface area contributed by atoms with Crippen molar-refractivity contribution in [2.75, 3.05) is 19.0 Å². The van der Waals surface area contributed by atoms with E-state index in [1.807, 2.05) is 30.5 Å². The largest absolute Gasteiger partial charge is 0.493 e. The molecule has 8 heteroatoms. The maximum absolute atomic E-state index is 12.1. The monoisotopic (exact) mass is 397 g/mol. The number of thiazole rings is 1. The van der Waals surface area contributed by atoms with Crippen LogP contribution in [0, 0.1) is 18.3 Å². The van der Waals surface area contributed by atoms with E-state index in [4.69, 9.17) is 19.2 Å². The summed E-state index contributed by atoms with van der Waals surface area (Å²) in [5, 5.41) is 14.1. The number of benzene rings is 1. The van der Waals surface area contributed by atoms with Crippen LogP contribution in [0.25, 0.3) is 11.5 Å². The molecule has 0 saturated heterocycles. The molecule has 7 nitrogen and oxygen atoms in total. The average Bonchev–Trinajstić information content (AvgIpc) is 3.34. The van der Waals surface area contributed by atoms with Gasteiger partial charge in [-0.05, 0) is 37.6 Å². The van der Waals surface area contributed by atoms with Gasteiger partial charge >= 0.3 is 0 Å². The summed E-state index contributed by atoms with van der Waals surface area (Å²) >= 11 is 1.35. The molecule has 1 amide bonds. The highest BCUT2D eigenvalue weighted by atomic mass is 32.1. The maximum Gasteiger partial charge on any atom is 0.226 e. The molecule has 3 rings (SSSR count). The second-order valence-electron chi connectivity index (χ2n) is 5.93. The Balaban J connectivity index is 1.45. The summed E-state index contributed by atoms with van der Waals surface area (Å²) in [4.78, 5) is 16.5. The third-order valence-corrected chi connectivity index (χ3v) is 4.60. The molecule has 0 spiro atoms. The van der Waals surface area contributed by atoms with Crippen LogP contribution in [-0.4, -0.2) is 24.6 Å². The zero-order valence-electron chi connectivity index (χ0n) is 15.5. The van der Waals surface area contributed by atoms with Crippen molar-refractivity contribution in [3.8, 4) is 29.0 Å². The quantitative estimate of drug-likeness (QED) is 0.566. The standard InChI is InChI=1S/C20H19N3O4S/c1-13-5-7-16(27-13)15-12-28-20(22-15)23-19(24)4-3-9-26-17-8-6-14(11-21)10-18(17)25-2/h5-8,10,12H,3-4,9H2,1-2H3,(H,22,23,24). The van der Waals surface area contributed by atoms with Crippen molar-refractivity contribution in [2.24, 2.45) is 0 Å². The summed E-state index contributed by atoms with van der Waals surface area (Å²) < 4.78 is 16.4. The summed E-state index contributed by atoms with van der Waals surface area (Å²) in [7, 11) is 1.52. The van der Waals surface area contributed by atoms with Gasteiger partial charge < -0.3 is 19.2 Å². The van der Waals surface area contributed by atoms with Crippen molar-refractivity contribution in [3.63, 3.8) is 0 Å². The Kier molecular flexibility index (Phi) is 6.29. The third-order valence-electron chi connectivity index (χ3n) is 3.84. The number of hydrogen-bond acceptors (Lipinski definition) is 7. The molecule has 0 fully saturated rings. The van der Waals surface area contributed by atoms with E-state index in [-0.39, 0.29) is 5.91 Å². The van der Waals surface area contributed by atoms with Crippen molar-refractivity contribution in [2.45, 2.75) is 19.8 Å². The molecule has 0 saturated carbocycles. The Hall–Kier alpha value is -3.31. The molecule has 2 heterocycles. The van der Waals surface area contributed by atoms with Gasteiger partial charge in [0.15, 0.2) is 22.4 Å². The minimum absolute atomic E-state index is 0.132. The fourth-order valence-corrected chi connectivity index (χ4v) is 3.19. The first-order valence-corrected chi connectivity index (χ1v) is 9.50. The van der Waals surface area contributed by atoms with E-state index in [1.54, 1.807) is 18.2 Å². The van der Waals surface area contributed by atoms with Crippen molar-refractivity contribution < 1.29 is 18.7 Å². The topological polar surface area (TPSA) is 97.4 Å². The molecule has 1 aromatic carbocycles. The van der Waals surface area contributed by atoms with Gasteiger partial charge in [0.05, 0.1) is 25.3 Å². The van der Waals surface area contributed by atoms with Gasteiger partial charge in [-0.2, -0.15) is 5.26 Å². The van der Waals surface area contributed by atoms with Gasteiger partial charge in [0.2, 0.25) is 5.91 Å². The minimum atomic E-state index is -0.132. The Morgan fingerprint density at radius 2 is 2.18 bits per heavy atom. The van der Waals surface area contributed by atoms with Crippen LogP contribution in [0.1, 0.15) is 24.2 Å². The van der Waals surface area contributed by atoms with Crippen LogP contribution in [-0.2, 0) is 4.79 Å². The number of aryl methyl sites for hydroxylation is 1. The number of aromatic nitrogens is 1. The van der Waals surface area contributed by atoms with Gasteiger partial charge in [0.25, 0.3) is 0 Å². The number of amides is 1. The zero-order valence-corrected chi connectivity index (χ0v) is 16.3. The number of nitrogens with zero attached hydrogens (tertiary/aromatic N) is 2. The molecule has 0 aliphatic carbocycles. The number of hydrogen-bond donors (Lipinski definition) is 1. The smallest absolute Gasteiger partial charge is 0.226 e. The van der Waals surface area contributed by atoms with E-state index in [0.29, 0.717) is 53.1 Å². The van der Waals surface area contributed by atoms with Crippen LogP contribution < -0.4 is 14.8 Å². The maximum atomic E-state index is 12.1. The van der Waals surface area contributed by atoms with E-state index >= 15 is 0 Å². The molecule has 2 aromatic heterocycles. The van der Waals surface area contributed by atoms with Gasteiger partial charge in [-0.3, -0.25) is 4.79 Å². The predicted octanol–water partition coefficient (Wildman–Crippen LogP) is 4.39. The highest BCUT2D eigenvalue weighted by Gasteiger charge is 2.11. The molecule has 0 aliphatic rings. The third kappa shape index (κ3) is 4.90. The molecule has 144 valence electrons. The number of nitrogens with one attached hydrogen (secondary N) is 1. The van der Waals surface area contributed by atoms with Gasteiger partial charge in [-0.1, -0.05) is 0 Å². The molecule has 0 radical (unpaired) electrons. The van der Waals surface area contributed by atoms with Crippen molar-refractivity contribution >= 4 is 22.4 Å². The van der Waals surface area contributed by atoms with Crippen molar-refractivity contribution in [1.29, 1.82) is 5.26 Å². The number of anilines is 1. The summed E-state index contributed by atoms with van der Waals surface area (Å²) in [5.41, 5.74) is 1.20. The van der Waals surface area contributed by atoms with Crippen LogP contribution >= 0.6 is 11.3 Å². The Labute approximate surface area is 166 Å². The number of nitriles is 1. The van der Waals surface area contributed by atoms with Crippen molar-refractivity contribution in [3.05, 3.63) is 47.0 Å². The highest BCUT2D eigenvalue weighted by molar-refractivity contribution is 7.14. The number of carbonyl (C=O) groups is 1. The molecule has 0 unspecified atom stereocenters. The second kappa shape index (κ2) is 9.06. The number of ether oxygens (including phenoxy) is 2. The van der Waals surface area contributed by atoms with E-state index in [0.717, 1.165) is 5.76 Å².